The molecule has 0 radical (unpaired) electrons. The summed E-state index contributed by atoms with van der Waals surface area (Å²) >= 11 is 2.19. The van der Waals surface area contributed by atoms with Crippen LogP contribution in [0.25, 0.3) is 0 Å². The summed E-state index contributed by atoms with van der Waals surface area (Å²) in [6.45, 7) is 12.1. The standard InChI is InChI=1S/C16H22INO2Si/c1-16(2,3)20-15(19)18-14-12(8-7-9-13(14)17)10-11-21(4,5)6/h7-9H,1-6H3,(H,18,19). The van der Waals surface area contributed by atoms with Crippen molar-refractivity contribution >= 4 is 42.4 Å². The smallest absolute Gasteiger partial charge is 0.412 e. The van der Waals surface area contributed by atoms with Crippen molar-refractivity contribution in [2.24, 2.45) is 0 Å². The van der Waals surface area contributed by atoms with Crippen molar-refractivity contribution in [3.8, 4) is 11.5 Å². The van der Waals surface area contributed by atoms with Gasteiger partial charge in [0.1, 0.15) is 13.7 Å². The zero-order chi connectivity index (χ0) is 16.3. The van der Waals surface area contributed by atoms with E-state index < -0.39 is 19.8 Å². The number of carbonyl (C=O) groups excluding carboxylic acids is 1. The maximum atomic E-state index is 12.0. The topological polar surface area (TPSA) is 38.3 Å². The van der Waals surface area contributed by atoms with E-state index in [4.69, 9.17) is 4.74 Å². The fourth-order valence-corrected chi connectivity index (χ4v) is 2.56. The molecule has 0 aliphatic heterocycles. The Labute approximate surface area is 142 Å². The summed E-state index contributed by atoms with van der Waals surface area (Å²) in [5.74, 6) is 3.20. The number of benzene rings is 1. The van der Waals surface area contributed by atoms with E-state index in [1.54, 1.807) is 0 Å². The van der Waals surface area contributed by atoms with E-state index in [1.807, 2.05) is 39.0 Å². The molecular formula is C16H22INO2Si. The molecule has 114 valence electrons. The lowest BCUT2D eigenvalue weighted by Gasteiger charge is -2.20. The quantitative estimate of drug-likeness (QED) is 0.404. The van der Waals surface area contributed by atoms with Crippen LogP contribution in [-0.2, 0) is 4.74 Å². The van der Waals surface area contributed by atoms with E-state index in [1.165, 1.54) is 0 Å². The van der Waals surface area contributed by atoms with Gasteiger partial charge in [0.25, 0.3) is 0 Å². The van der Waals surface area contributed by atoms with Crippen molar-refractivity contribution in [3.63, 3.8) is 0 Å². The predicted molar refractivity (Wildman–Crippen MR) is 99.2 cm³/mol. The van der Waals surface area contributed by atoms with Crippen LogP contribution in [0, 0.1) is 15.0 Å². The second kappa shape index (κ2) is 6.84. The number of nitrogens with one attached hydrogen (secondary N) is 1. The van der Waals surface area contributed by atoms with E-state index in [-0.39, 0.29) is 0 Å². The van der Waals surface area contributed by atoms with Gasteiger partial charge in [-0.05, 0) is 55.5 Å². The highest BCUT2D eigenvalue weighted by Gasteiger charge is 2.18. The van der Waals surface area contributed by atoms with Gasteiger partial charge in [-0.2, -0.15) is 0 Å². The SMILES string of the molecule is CC(C)(C)OC(=O)Nc1c(I)cccc1C#C[Si](C)(C)C. The monoisotopic (exact) mass is 415 g/mol. The number of carbonyl (C=O) groups is 1. The molecule has 5 heteroatoms. The molecule has 1 aromatic rings. The van der Waals surface area contributed by atoms with Crippen LogP contribution in [0.5, 0.6) is 0 Å². The molecule has 3 nitrogen and oxygen atoms in total. The third-order valence-electron chi connectivity index (χ3n) is 2.21. The molecule has 21 heavy (non-hydrogen) atoms. The minimum Gasteiger partial charge on any atom is -0.444 e. The zero-order valence-corrected chi connectivity index (χ0v) is 16.6. The number of rotatable bonds is 1. The first-order chi connectivity index (χ1) is 9.48. The number of hydrogen-bond acceptors (Lipinski definition) is 2. The van der Waals surface area contributed by atoms with Crippen molar-refractivity contribution in [1.82, 2.24) is 0 Å². The molecule has 1 aromatic carbocycles. The summed E-state index contributed by atoms with van der Waals surface area (Å²) in [6.07, 6.45) is -0.456. The van der Waals surface area contributed by atoms with Crippen LogP contribution in [0.4, 0.5) is 10.5 Å². The maximum Gasteiger partial charge on any atom is 0.412 e. The zero-order valence-electron chi connectivity index (χ0n) is 13.4. The molecule has 0 fully saturated rings. The minimum absolute atomic E-state index is 0.456. The van der Waals surface area contributed by atoms with Gasteiger partial charge < -0.3 is 4.74 Å². The third kappa shape index (κ3) is 7.00. The number of hydrogen-bond donors (Lipinski definition) is 1. The predicted octanol–water partition coefficient (Wildman–Crippen LogP) is 4.87. The van der Waals surface area contributed by atoms with Gasteiger partial charge in [0, 0.05) is 9.13 Å². The molecule has 0 atom stereocenters. The third-order valence-corrected chi connectivity index (χ3v) is 3.99. The molecule has 1 rings (SSSR count). The summed E-state index contributed by atoms with van der Waals surface area (Å²) in [4.78, 5) is 12.0. The van der Waals surface area contributed by atoms with Crippen LogP contribution in [0.15, 0.2) is 18.2 Å². The number of amides is 1. The van der Waals surface area contributed by atoms with Crippen molar-refractivity contribution in [2.75, 3.05) is 5.32 Å². The first-order valence-electron chi connectivity index (χ1n) is 6.80. The number of halogens is 1. The molecule has 0 heterocycles. The van der Waals surface area contributed by atoms with Crippen LogP contribution < -0.4 is 5.32 Å². The molecule has 0 unspecified atom stereocenters. The number of anilines is 1. The molecule has 1 amide bonds. The van der Waals surface area contributed by atoms with Crippen LogP contribution in [0.1, 0.15) is 26.3 Å². The molecule has 0 spiro atoms. The van der Waals surface area contributed by atoms with Crippen molar-refractivity contribution in [1.29, 1.82) is 0 Å². The Morgan fingerprint density at radius 1 is 1.29 bits per heavy atom. The average Bonchev–Trinajstić information content (AvgIpc) is 2.26. The molecular weight excluding hydrogens is 393 g/mol. The van der Waals surface area contributed by atoms with Crippen molar-refractivity contribution < 1.29 is 9.53 Å². The fraction of sp³-hybridized carbons (Fsp3) is 0.438. The number of para-hydroxylation sites is 1. The normalized spacial score (nSPS) is 11.4. The lowest BCUT2D eigenvalue weighted by Crippen LogP contribution is -2.27. The maximum absolute atomic E-state index is 12.0. The Morgan fingerprint density at radius 2 is 1.90 bits per heavy atom. The summed E-state index contributed by atoms with van der Waals surface area (Å²) < 4.78 is 6.25. The molecule has 0 aromatic heterocycles. The van der Waals surface area contributed by atoms with Crippen molar-refractivity contribution in [3.05, 3.63) is 27.3 Å². The Hall–Kier alpha value is -1.00. The van der Waals surface area contributed by atoms with Gasteiger partial charge in [-0.25, -0.2) is 4.79 Å². The van der Waals surface area contributed by atoms with Gasteiger partial charge in [-0.3, -0.25) is 5.32 Å². The summed E-state index contributed by atoms with van der Waals surface area (Å²) in [5, 5.41) is 2.82. The van der Waals surface area contributed by atoms with E-state index in [9.17, 15) is 4.79 Å². The molecule has 0 aliphatic rings. The number of ether oxygens (including phenoxy) is 1. The van der Waals surface area contributed by atoms with Gasteiger partial charge in [0.05, 0.1) is 5.69 Å². The second-order valence-electron chi connectivity index (χ2n) is 6.79. The first kappa shape index (κ1) is 18.0. The molecule has 1 N–H and O–H groups in total. The summed E-state index contributed by atoms with van der Waals surface area (Å²) in [7, 11) is -1.47. The lowest BCUT2D eigenvalue weighted by atomic mass is 10.2. The largest absolute Gasteiger partial charge is 0.444 e. The molecule has 0 aliphatic carbocycles. The molecule has 0 saturated carbocycles. The van der Waals surface area contributed by atoms with E-state index >= 15 is 0 Å². The van der Waals surface area contributed by atoms with E-state index in [2.05, 4.69) is 59.0 Å². The van der Waals surface area contributed by atoms with Gasteiger partial charge in [-0.1, -0.05) is 31.6 Å². The Bertz CT molecular complexity index is 589. The van der Waals surface area contributed by atoms with Gasteiger partial charge in [0.2, 0.25) is 0 Å². The van der Waals surface area contributed by atoms with Crippen LogP contribution in [-0.4, -0.2) is 19.8 Å². The van der Waals surface area contributed by atoms with E-state index in [0.29, 0.717) is 0 Å². The Morgan fingerprint density at radius 3 is 2.43 bits per heavy atom. The van der Waals surface area contributed by atoms with E-state index in [0.717, 1.165) is 14.8 Å². The Balaban J connectivity index is 3.06. The average molecular weight is 415 g/mol. The molecule has 0 bridgehead atoms. The highest BCUT2D eigenvalue weighted by molar-refractivity contribution is 14.1. The fourth-order valence-electron chi connectivity index (χ4n) is 1.42. The lowest BCUT2D eigenvalue weighted by molar-refractivity contribution is 0.0636. The molecule has 0 saturated heterocycles. The van der Waals surface area contributed by atoms with Gasteiger partial charge >= 0.3 is 6.09 Å². The summed E-state index contributed by atoms with van der Waals surface area (Å²) in [5.41, 5.74) is 4.35. The highest BCUT2D eigenvalue weighted by Crippen LogP contribution is 2.23. The van der Waals surface area contributed by atoms with Crippen LogP contribution in [0.2, 0.25) is 19.6 Å². The van der Waals surface area contributed by atoms with Gasteiger partial charge in [-0.15, -0.1) is 5.54 Å². The van der Waals surface area contributed by atoms with Crippen molar-refractivity contribution in [2.45, 2.75) is 46.0 Å². The Kier molecular flexibility index (Phi) is 5.88. The second-order valence-corrected chi connectivity index (χ2v) is 12.7. The van der Waals surface area contributed by atoms with Crippen LogP contribution >= 0.6 is 22.6 Å². The highest BCUT2D eigenvalue weighted by atomic mass is 127. The first-order valence-corrected chi connectivity index (χ1v) is 11.4. The summed E-state index contributed by atoms with van der Waals surface area (Å²) in [6, 6.07) is 5.80. The van der Waals surface area contributed by atoms with Crippen LogP contribution in [0.3, 0.4) is 0 Å². The minimum atomic E-state index is -1.47. The van der Waals surface area contributed by atoms with Gasteiger partial charge in [0.15, 0.2) is 0 Å².